The Balaban J connectivity index is 1.49. The lowest BCUT2D eigenvalue weighted by atomic mass is 10.1. The van der Waals surface area contributed by atoms with Crippen LogP contribution in [0.15, 0.2) is 58.3 Å². The minimum atomic E-state index is -0.584. The van der Waals surface area contributed by atoms with Crippen LogP contribution in [-0.2, 0) is 11.2 Å². The number of nitrogens with zero attached hydrogens (tertiary/aromatic N) is 2. The van der Waals surface area contributed by atoms with Crippen LogP contribution in [0.2, 0.25) is 0 Å². The molecule has 0 aliphatic carbocycles. The monoisotopic (exact) mass is 450 g/mol. The first-order valence-electron chi connectivity index (χ1n) is 10.0. The molecule has 2 heterocycles. The second-order valence-corrected chi connectivity index (χ2v) is 7.11. The van der Waals surface area contributed by atoms with Crippen molar-refractivity contribution in [3.8, 4) is 5.69 Å². The SMILES string of the molecule is CCc1c(C(=O)NCC(=O)Nc2cccc3c(=O)[nH][nH]c(=O)c23)cnn1-c1ccc(F)cc1. The Morgan fingerprint density at radius 1 is 1.06 bits per heavy atom. The van der Waals surface area contributed by atoms with Gasteiger partial charge in [-0.15, -0.1) is 0 Å². The van der Waals surface area contributed by atoms with E-state index in [1.54, 1.807) is 12.1 Å². The molecule has 0 radical (unpaired) electrons. The molecule has 0 spiro atoms. The molecule has 0 saturated carbocycles. The van der Waals surface area contributed by atoms with E-state index in [4.69, 9.17) is 0 Å². The fourth-order valence-electron chi connectivity index (χ4n) is 3.49. The van der Waals surface area contributed by atoms with Gasteiger partial charge >= 0.3 is 0 Å². The summed E-state index contributed by atoms with van der Waals surface area (Å²) in [5, 5.41) is 13.9. The van der Waals surface area contributed by atoms with E-state index in [-0.39, 0.29) is 34.4 Å². The topological polar surface area (TPSA) is 142 Å². The Morgan fingerprint density at radius 2 is 1.79 bits per heavy atom. The van der Waals surface area contributed by atoms with Crippen LogP contribution in [0.4, 0.5) is 10.1 Å². The quantitative estimate of drug-likeness (QED) is 0.352. The highest BCUT2D eigenvalue weighted by Gasteiger charge is 2.18. The maximum absolute atomic E-state index is 13.2. The van der Waals surface area contributed by atoms with Gasteiger partial charge in [0.25, 0.3) is 17.0 Å². The van der Waals surface area contributed by atoms with E-state index in [1.165, 1.54) is 41.2 Å². The molecule has 4 rings (SSSR count). The van der Waals surface area contributed by atoms with Crippen LogP contribution in [0.1, 0.15) is 23.0 Å². The fraction of sp³-hybridized carbons (Fsp3) is 0.136. The molecule has 10 nitrogen and oxygen atoms in total. The molecule has 0 saturated heterocycles. The van der Waals surface area contributed by atoms with E-state index < -0.39 is 22.9 Å². The van der Waals surface area contributed by atoms with E-state index in [1.807, 2.05) is 6.92 Å². The molecule has 4 aromatic rings. The van der Waals surface area contributed by atoms with E-state index in [0.717, 1.165) is 0 Å². The van der Waals surface area contributed by atoms with Crippen molar-refractivity contribution in [2.75, 3.05) is 11.9 Å². The molecule has 4 N–H and O–H groups in total. The molecule has 2 aromatic carbocycles. The number of anilines is 1. The summed E-state index contributed by atoms with van der Waals surface area (Å²) in [4.78, 5) is 49.1. The first-order valence-corrected chi connectivity index (χ1v) is 10.0. The summed E-state index contributed by atoms with van der Waals surface area (Å²) in [6.07, 6.45) is 1.85. The van der Waals surface area contributed by atoms with Crippen LogP contribution in [0, 0.1) is 5.82 Å². The molecular weight excluding hydrogens is 431 g/mol. The third-order valence-corrected chi connectivity index (χ3v) is 5.03. The summed E-state index contributed by atoms with van der Waals surface area (Å²) in [6, 6.07) is 10.2. The van der Waals surface area contributed by atoms with Crippen LogP contribution < -0.4 is 21.8 Å². The van der Waals surface area contributed by atoms with Crippen molar-refractivity contribution < 1.29 is 14.0 Å². The number of halogens is 1. The van der Waals surface area contributed by atoms with Gasteiger partial charge in [0.15, 0.2) is 0 Å². The average Bonchev–Trinajstić information content (AvgIpc) is 3.24. The molecule has 33 heavy (non-hydrogen) atoms. The van der Waals surface area contributed by atoms with Crippen molar-refractivity contribution in [3.05, 3.63) is 86.4 Å². The lowest BCUT2D eigenvalue weighted by molar-refractivity contribution is -0.115. The fourth-order valence-corrected chi connectivity index (χ4v) is 3.49. The van der Waals surface area contributed by atoms with Crippen LogP contribution >= 0.6 is 0 Å². The van der Waals surface area contributed by atoms with Gasteiger partial charge in [0.2, 0.25) is 5.91 Å². The molecule has 0 unspecified atom stereocenters. The lowest BCUT2D eigenvalue weighted by Gasteiger charge is -2.10. The first-order chi connectivity index (χ1) is 15.9. The first kappa shape index (κ1) is 21.7. The van der Waals surface area contributed by atoms with Crippen LogP contribution in [0.5, 0.6) is 0 Å². The van der Waals surface area contributed by atoms with E-state index in [2.05, 4.69) is 25.9 Å². The molecule has 168 valence electrons. The maximum atomic E-state index is 13.2. The van der Waals surface area contributed by atoms with Gasteiger partial charge in [-0.05, 0) is 42.8 Å². The van der Waals surface area contributed by atoms with Crippen LogP contribution in [-0.4, -0.2) is 38.3 Å². The number of H-pyrrole nitrogens is 2. The highest BCUT2D eigenvalue weighted by atomic mass is 19.1. The molecule has 0 fully saturated rings. The number of hydrogen-bond donors (Lipinski definition) is 4. The van der Waals surface area contributed by atoms with Crippen molar-refractivity contribution in [1.29, 1.82) is 0 Å². The number of amides is 2. The minimum Gasteiger partial charge on any atom is -0.343 e. The second kappa shape index (κ2) is 8.91. The van der Waals surface area contributed by atoms with Crippen molar-refractivity contribution in [2.45, 2.75) is 13.3 Å². The Morgan fingerprint density at radius 3 is 2.52 bits per heavy atom. The molecular formula is C22H19FN6O4. The smallest absolute Gasteiger partial charge is 0.272 e. The summed E-state index contributed by atoms with van der Waals surface area (Å²) in [6.45, 7) is 1.47. The Kier molecular flexibility index (Phi) is 5.85. The molecule has 0 aliphatic heterocycles. The zero-order chi connectivity index (χ0) is 23.5. The van der Waals surface area contributed by atoms with Crippen LogP contribution in [0.3, 0.4) is 0 Å². The third kappa shape index (κ3) is 4.28. The van der Waals surface area contributed by atoms with Crippen molar-refractivity contribution in [2.24, 2.45) is 0 Å². The van der Waals surface area contributed by atoms with E-state index in [9.17, 15) is 23.6 Å². The number of benzene rings is 2. The average molecular weight is 450 g/mol. The van der Waals surface area contributed by atoms with E-state index in [0.29, 0.717) is 17.8 Å². The highest BCUT2D eigenvalue weighted by Crippen LogP contribution is 2.18. The second-order valence-electron chi connectivity index (χ2n) is 7.11. The molecule has 11 heteroatoms. The highest BCUT2D eigenvalue weighted by molar-refractivity contribution is 6.04. The van der Waals surface area contributed by atoms with Gasteiger partial charge in [-0.1, -0.05) is 13.0 Å². The van der Waals surface area contributed by atoms with Gasteiger partial charge < -0.3 is 10.6 Å². The Bertz CT molecular complexity index is 1470. The zero-order valence-electron chi connectivity index (χ0n) is 17.4. The summed E-state index contributed by atoms with van der Waals surface area (Å²) in [5.41, 5.74) is 0.561. The predicted octanol–water partition coefficient (Wildman–Crippen LogP) is 1.47. The zero-order valence-corrected chi connectivity index (χ0v) is 17.4. The van der Waals surface area contributed by atoms with Crippen LogP contribution in [0.25, 0.3) is 16.5 Å². The molecule has 0 aliphatic rings. The third-order valence-electron chi connectivity index (χ3n) is 5.03. The summed E-state index contributed by atoms with van der Waals surface area (Å²) in [7, 11) is 0. The lowest BCUT2D eigenvalue weighted by Crippen LogP contribution is -2.33. The predicted molar refractivity (Wildman–Crippen MR) is 119 cm³/mol. The number of fused-ring (bicyclic) bond motifs is 1. The van der Waals surface area contributed by atoms with Gasteiger partial charge in [0.1, 0.15) is 5.82 Å². The molecule has 0 atom stereocenters. The van der Waals surface area contributed by atoms with Crippen molar-refractivity contribution in [1.82, 2.24) is 25.3 Å². The molecule has 0 bridgehead atoms. The van der Waals surface area contributed by atoms with Gasteiger partial charge in [0, 0.05) is 0 Å². The van der Waals surface area contributed by atoms with E-state index >= 15 is 0 Å². The van der Waals surface area contributed by atoms with Crippen molar-refractivity contribution >= 4 is 28.3 Å². The Labute approximate surface area is 185 Å². The summed E-state index contributed by atoms with van der Waals surface area (Å²) >= 11 is 0. The minimum absolute atomic E-state index is 0.0368. The summed E-state index contributed by atoms with van der Waals surface area (Å²) < 4.78 is 14.7. The number of carbonyl (C=O) groups excluding carboxylic acids is 2. The largest absolute Gasteiger partial charge is 0.343 e. The summed E-state index contributed by atoms with van der Waals surface area (Å²) in [5.74, 6) is -1.48. The maximum Gasteiger partial charge on any atom is 0.272 e. The Hall–Kier alpha value is -4.54. The number of aromatic amines is 2. The van der Waals surface area contributed by atoms with Gasteiger partial charge in [0.05, 0.1) is 46.1 Å². The van der Waals surface area contributed by atoms with Gasteiger partial charge in [-0.25, -0.2) is 9.07 Å². The number of aromatic nitrogens is 4. The number of carbonyl (C=O) groups is 2. The number of nitrogens with one attached hydrogen (secondary N) is 4. The normalized spacial score (nSPS) is 10.8. The molecule has 2 amide bonds. The standard InChI is InChI=1S/C22H19FN6O4/c1-2-17-15(10-25-29(17)13-8-6-12(23)7-9-13)20(31)24-11-18(30)26-16-5-3-4-14-19(16)22(33)28-27-21(14)32/h3-10H,2,11H2,1H3,(H,24,31)(H,26,30)(H,27,32)(H,28,33). The molecule has 2 aromatic heterocycles. The number of hydrogen-bond acceptors (Lipinski definition) is 5. The number of rotatable bonds is 6. The van der Waals surface area contributed by atoms with Crippen molar-refractivity contribution in [3.63, 3.8) is 0 Å². The van der Waals surface area contributed by atoms with Gasteiger partial charge in [-0.2, -0.15) is 5.10 Å². The van der Waals surface area contributed by atoms with Gasteiger partial charge in [-0.3, -0.25) is 29.4 Å².